The molecule has 126 valence electrons. The van der Waals surface area contributed by atoms with Crippen LogP contribution in [0.25, 0.3) is 0 Å². The second-order valence-electron chi connectivity index (χ2n) is 5.06. The van der Waals surface area contributed by atoms with E-state index in [9.17, 15) is 18.4 Å². The standard InChI is InChI=1S/C18H16F2O4/c1-23-14-5-2-12(3-6-14)11-24-18(22)9-8-17(21)15-7-4-13(19)10-16(15)20/h2-7,10H,8-9,11H2,1H3. The van der Waals surface area contributed by atoms with Gasteiger partial charge in [0.05, 0.1) is 19.1 Å². The number of carbonyl (C=O) groups is 2. The van der Waals surface area contributed by atoms with Crippen LogP contribution >= 0.6 is 0 Å². The number of hydrogen-bond donors (Lipinski definition) is 0. The molecule has 0 amide bonds. The molecule has 24 heavy (non-hydrogen) atoms. The maximum absolute atomic E-state index is 13.5. The number of rotatable bonds is 7. The molecule has 0 heterocycles. The Morgan fingerprint density at radius 2 is 1.71 bits per heavy atom. The maximum Gasteiger partial charge on any atom is 0.306 e. The number of ether oxygens (including phenoxy) is 2. The van der Waals surface area contributed by atoms with Crippen LogP contribution in [0, 0.1) is 11.6 Å². The number of hydrogen-bond acceptors (Lipinski definition) is 4. The Bertz CT molecular complexity index is 726. The topological polar surface area (TPSA) is 52.6 Å². The van der Waals surface area contributed by atoms with Gasteiger partial charge < -0.3 is 9.47 Å². The van der Waals surface area contributed by atoms with Crippen molar-refractivity contribution in [2.24, 2.45) is 0 Å². The summed E-state index contributed by atoms with van der Waals surface area (Å²) >= 11 is 0. The van der Waals surface area contributed by atoms with Crippen LogP contribution in [-0.2, 0) is 16.1 Å². The summed E-state index contributed by atoms with van der Waals surface area (Å²) in [5, 5.41) is 0. The van der Waals surface area contributed by atoms with Crippen LogP contribution in [0.2, 0.25) is 0 Å². The van der Waals surface area contributed by atoms with Gasteiger partial charge in [-0.3, -0.25) is 9.59 Å². The molecular formula is C18H16F2O4. The van der Waals surface area contributed by atoms with Crippen molar-refractivity contribution >= 4 is 11.8 Å². The molecule has 0 saturated heterocycles. The lowest BCUT2D eigenvalue weighted by atomic mass is 10.1. The highest BCUT2D eigenvalue weighted by Gasteiger charge is 2.14. The second-order valence-corrected chi connectivity index (χ2v) is 5.06. The average molecular weight is 334 g/mol. The third-order valence-corrected chi connectivity index (χ3v) is 3.35. The van der Waals surface area contributed by atoms with Crippen molar-refractivity contribution in [1.29, 1.82) is 0 Å². The summed E-state index contributed by atoms with van der Waals surface area (Å²) < 4.78 is 36.3. The molecule has 0 N–H and O–H groups in total. The lowest BCUT2D eigenvalue weighted by Gasteiger charge is -2.06. The molecular weight excluding hydrogens is 318 g/mol. The number of esters is 1. The summed E-state index contributed by atoms with van der Waals surface area (Å²) in [7, 11) is 1.55. The molecule has 2 rings (SSSR count). The van der Waals surface area contributed by atoms with Gasteiger partial charge in [-0.15, -0.1) is 0 Å². The summed E-state index contributed by atoms with van der Waals surface area (Å²) in [5.41, 5.74) is 0.541. The monoisotopic (exact) mass is 334 g/mol. The van der Waals surface area contributed by atoms with E-state index in [4.69, 9.17) is 9.47 Å². The van der Waals surface area contributed by atoms with Crippen LogP contribution in [0.1, 0.15) is 28.8 Å². The number of ketones is 1. The van der Waals surface area contributed by atoms with Gasteiger partial charge in [-0.1, -0.05) is 12.1 Å². The first-order valence-electron chi connectivity index (χ1n) is 7.26. The molecule has 0 aliphatic rings. The summed E-state index contributed by atoms with van der Waals surface area (Å²) in [6.07, 6.45) is -0.379. The zero-order valence-corrected chi connectivity index (χ0v) is 13.1. The summed E-state index contributed by atoms with van der Waals surface area (Å²) in [4.78, 5) is 23.5. The van der Waals surface area contributed by atoms with Crippen LogP contribution in [0.4, 0.5) is 8.78 Å². The van der Waals surface area contributed by atoms with Gasteiger partial charge in [-0.2, -0.15) is 0 Å². The molecule has 4 nitrogen and oxygen atoms in total. The minimum atomic E-state index is -0.938. The van der Waals surface area contributed by atoms with E-state index in [0.29, 0.717) is 11.8 Å². The van der Waals surface area contributed by atoms with Crippen LogP contribution in [-0.4, -0.2) is 18.9 Å². The fourth-order valence-electron chi connectivity index (χ4n) is 2.02. The summed E-state index contributed by atoms with van der Waals surface area (Å²) in [6, 6.07) is 9.69. The first kappa shape index (κ1) is 17.6. The van der Waals surface area contributed by atoms with E-state index in [1.165, 1.54) is 0 Å². The van der Waals surface area contributed by atoms with Gasteiger partial charge in [0.1, 0.15) is 24.0 Å². The third-order valence-electron chi connectivity index (χ3n) is 3.35. The van der Waals surface area contributed by atoms with Gasteiger partial charge >= 0.3 is 5.97 Å². The molecule has 0 unspecified atom stereocenters. The van der Waals surface area contributed by atoms with Crippen molar-refractivity contribution in [1.82, 2.24) is 0 Å². The molecule has 0 saturated carbocycles. The summed E-state index contributed by atoms with van der Waals surface area (Å²) in [6.45, 7) is 0.0714. The zero-order chi connectivity index (χ0) is 17.5. The summed E-state index contributed by atoms with van der Waals surface area (Å²) in [5.74, 6) is -2.15. The van der Waals surface area contributed by atoms with Gasteiger partial charge in [0.15, 0.2) is 5.78 Å². The Morgan fingerprint density at radius 1 is 1.00 bits per heavy atom. The Labute approximate surface area is 138 Å². The lowest BCUT2D eigenvalue weighted by Crippen LogP contribution is -2.09. The Hall–Kier alpha value is -2.76. The highest BCUT2D eigenvalue weighted by Crippen LogP contribution is 2.14. The van der Waals surface area contributed by atoms with Crippen molar-refractivity contribution in [2.75, 3.05) is 7.11 Å². The first-order valence-corrected chi connectivity index (χ1v) is 7.26. The molecule has 6 heteroatoms. The van der Waals surface area contributed by atoms with Gasteiger partial charge in [0.2, 0.25) is 0 Å². The van der Waals surface area contributed by atoms with Crippen LogP contribution in [0.5, 0.6) is 5.75 Å². The van der Waals surface area contributed by atoms with E-state index < -0.39 is 23.4 Å². The molecule has 2 aromatic carbocycles. The van der Waals surface area contributed by atoms with Crippen molar-refractivity contribution in [3.63, 3.8) is 0 Å². The molecule has 0 radical (unpaired) electrons. The van der Waals surface area contributed by atoms with Crippen LogP contribution in [0.3, 0.4) is 0 Å². The third kappa shape index (κ3) is 4.87. The van der Waals surface area contributed by atoms with E-state index in [1.807, 2.05) is 0 Å². The van der Waals surface area contributed by atoms with Crippen molar-refractivity contribution in [3.05, 3.63) is 65.2 Å². The van der Waals surface area contributed by atoms with Crippen molar-refractivity contribution < 1.29 is 27.8 Å². The zero-order valence-electron chi connectivity index (χ0n) is 13.1. The fourth-order valence-corrected chi connectivity index (χ4v) is 2.02. The Kier molecular flexibility index (Phi) is 6.01. The van der Waals surface area contributed by atoms with Crippen LogP contribution < -0.4 is 4.74 Å². The fraction of sp³-hybridized carbons (Fsp3) is 0.222. The molecule has 0 aliphatic heterocycles. The van der Waals surface area contributed by atoms with Crippen molar-refractivity contribution in [2.45, 2.75) is 19.4 Å². The second kappa shape index (κ2) is 8.19. The molecule has 0 fully saturated rings. The molecule has 2 aromatic rings. The van der Waals surface area contributed by atoms with Gasteiger partial charge in [0, 0.05) is 12.5 Å². The molecule has 0 bridgehead atoms. The Morgan fingerprint density at radius 3 is 2.33 bits per heavy atom. The van der Waals surface area contributed by atoms with Crippen LogP contribution in [0.15, 0.2) is 42.5 Å². The van der Waals surface area contributed by atoms with E-state index in [0.717, 1.165) is 17.7 Å². The van der Waals surface area contributed by atoms with E-state index >= 15 is 0 Å². The van der Waals surface area contributed by atoms with E-state index in [1.54, 1.807) is 31.4 Å². The minimum absolute atomic E-state index is 0.0714. The largest absolute Gasteiger partial charge is 0.497 e. The molecule has 0 aliphatic carbocycles. The molecule has 0 aromatic heterocycles. The van der Waals surface area contributed by atoms with Gasteiger partial charge in [0.25, 0.3) is 0 Å². The molecule has 0 atom stereocenters. The Balaban J connectivity index is 1.80. The predicted octanol–water partition coefficient (Wildman–Crippen LogP) is 3.68. The van der Waals surface area contributed by atoms with E-state index in [2.05, 4.69) is 0 Å². The van der Waals surface area contributed by atoms with Gasteiger partial charge in [-0.05, 0) is 29.8 Å². The molecule has 0 spiro atoms. The van der Waals surface area contributed by atoms with Crippen molar-refractivity contribution in [3.8, 4) is 5.75 Å². The van der Waals surface area contributed by atoms with E-state index in [-0.39, 0.29) is 25.0 Å². The van der Waals surface area contributed by atoms with Gasteiger partial charge in [-0.25, -0.2) is 8.78 Å². The number of Topliss-reactive ketones (excluding diaryl/α,β-unsaturated/α-hetero) is 1. The highest BCUT2D eigenvalue weighted by molar-refractivity contribution is 5.97. The predicted molar refractivity (Wildman–Crippen MR) is 82.7 cm³/mol. The SMILES string of the molecule is COc1ccc(COC(=O)CCC(=O)c2ccc(F)cc2F)cc1. The maximum atomic E-state index is 13.5. The number of halogens is 2. The highest BCUT2D eigenvalue weighted by atomic mass is 19.1. The smallest absolute Gasteiger partial charge is 0.306 e. The quantitative estimate of drug-likeness (QED) is 0.572. The minimum Gasteiger partial charge on any atom is -0.497 e. The first-order chi connectivity index (χ1) is 11.5. The number of benzene rings is 2. The average Bonchev–Trinajstić information content (AvgIpc) is 2.58. The number of carbonyl (C=O) groups excluding carboxylic acids is 2. The number of methoxy groups -OCH3 is 1. The normalized spacial score (nSPS) is 10.3. The lowest BCUT2D eigenvalue weighted by molar-refractivity contribution is -0.144.